The summed E-state index contributed by atoms with van der Waals surface area (Å²) in [5.41, 5.74) is 4.79. The summed E-state index contributed by atoms with van der Waals surface area (Å²) in [5.74, 6) is -1.34. The van der Waals surface area contributed by atoms with Crippen molar-refractivity contribution in [3.63, 3.8) is 0 Å². The molecule has 8 nitrogen and oxygen atoms in total. The highest BCUT2D eigenvalue weighted by molar-refractivity contribution is 6.31. The number of rotatable bonds is 5. The minimum absolute atomic E-state index is 0.260. The number of aromatic nitrogens is 2. The van der Waals surface area contributed by atoms with Gasteiger partial charge in [0, 0.05) is 51.3 Å². The maximum atomic E-state index is 14.8. The Morgan fingerprint density at radius 2 is 1.82 bits per heavy atom. The summed E-state index contributed by atoms with van der Waals surface area (Å²) in [7, 11) is 0. The number of halogens is 2. The van der Waals surface area contributed by atoms with Crippen LogP contribution in [0.5, 0.6) is 0 Å². The number of hydrogen-bond acceptors (Lipinski definition) is 6. The van der Waals surface area contributed by atoms with Crippen LogP contribution >= 0.6 is 11.6 Å². The number of carboxylic acid groups (broad SMARTS) is 1. The second-order valence-corrected chi connectivity index (χ2v) is 10.0. The van der Waals surface area contributed by atoms with Crippen molar-refractivity contribution in [3.05, 3.63) is 106 Å². The van der Waals surface area contributed by atoms with Gasteiger partial charge in [-0.25, -0.2) is 19.2 Å². The maximum absolute atomic E-state index is 14.8. The molecular formula is C30H23ClFN5O3. The zero-order valence-electron chi connectivity index (χ0n) is 21.1. The van der Waals surface area contributed by atoms with Crippen molar-refractivity contribution in [1.82, 2.24) is 14.9 Å². The number of aliphatic imine (C=N–C) groups is 1. The van der Waals surface area contributed by atoms with Crippen molar-refractivity contribution in [1.29, 1.82) is 0 Å². The number of carbonyl (C=O) groups is 2. The molecule has 1 saturated heterocycles. The van der Waals surface area contributed by atoms with Crippen molar-refractivity contribution >= 4 is 40.8 Å². The average Bonchev–Trinajstić information content (AvgIpc) is 3.40. The van der Waals surface area contributed by atoms with Gasteiger partial charge in [0.15, 0.2) is 0 Å². The molecule has 0 bridgehead atoms. The standard InChI is InChI=1S/C30H23ClFN5O3/c31-19-9-12-21-23(14-19)27(22-4-1-2-5-24(22)32)33-15-18-16-34-30(36-26(18)21)35-20-10-7-17(8-11-20)28(38)37-13-3-6-25(37)29(39)40/h1-2,4-5,7-12,14,16,25H,3,6,13,15H2,(H,39,40)(H,34,35,36). The summed E-state index contributed by atoms with van der Waals surface area (Å²) in [6, 6.07) is 17.8. The largest absolute Gasteiger partial charge is 0.480 e. The molecule has 3 heterocycles. The van der Waals surface area contributed by atoms with Gasteiger partial charge >= 0.3 is 5.97 Å². The second-order valence-electron chi connectivity index (χ2n) is 9.60. The Kier molecular flexibility index (Phi) is 6.73. The summed E-state index contributed by atoms with van der Waals surface area (Å²) >= 11 is 6.34. The van der Waals surface area contributed by atoms with Gasteiger partial charge < -0.3 is 15.3 Å². The Hall–Kier alpha value is -4.63. The number of aliphatic carboxylic acids is 1. The molecule has 200 valence electrons. The first-order valence-electron chi connectivity index (χ1n) is 12.8. The van der Waals surface area contributed by atoms with E-state index in [-0.39, 0.29) is 18.3 Å². The zero-order valence-corrected chi connectivity index (χ0v) is 21.9. The molecule has 4 aromatic rings. The molecule has 1 unspecified atom stereocenters. The first kappa shape index (κ1) is 25.6. The average molecular weight is 556 g/mol. The number of likely N-dealkylation sites (tertiary alicyclic amines) is 1. The van der Waals surface area contributed by atoms with E-state index < -0.39 is 12.0 Å². The fourth-order valence-electron chi connectivity index (χ4n) is 5.13. The number of carbonyl (C=O) groups excluding carboxylic acids is 1. The number of amides is 1. The predicted molar refractivity (Wildman–Crippen MR) is 150 cm³/mol. The van der Waals surface area contributed by atoms with Gasteiger partial charge in [-0.05, 0) is 61.4 Å². The third-order valence-electron chi connectivity index (χ3n) is 7.08. The Balaban J connectivity index is 1.28. The number of anilines is 2. The molecule has 2 aliphatic heterocycles. The van der Waals surface area contributed by atoms with Crippen molar-refractivity contribution in [3.8, 4) is 11.3 Å². The van der Waals surface area contributed by atoms with Gasteiger partial charge in [0.1, 0.15) is 11.9 Å². The lowest BCUT2D eigenvalue weighted by atomic mass is 9.95. The normalized spacial score (nSPS) is 16.0. The van der Waals surface area contributed by atoms with E-state index in [4.69, 9.17) is 21.6 Å². The molecule has 0 radical (unpaired) electrons. The van der Waals surface area contributed by atoms with E-state index in [9.17, 15) is 19.1 Å². The van der Waals surface area contributed by atoms with Crippen LogP contribution in [0.3, 0.4) is 0 Å². The smallest absolute Gasteiger partial charge is 0.326 e. The van der Waals surface area contributed by atoms with E-state index in [1.54, 1.807) is 60.8 Å². The summed E-state index contributed by atoms with van der Waals surface area (Å²) in [6.45, 7) is 0.685. The molecule has 10 heteroatoms. The van der Waals surface area contributed by atoms with E-state index in [1.807, 2.05) is 6.07 Å². The fourth-order valence-corrected chi connectivity index (χ4v) is 5.30. The predicted octanol–water partition coefficient (Wildman–Crippen LogP) is 5.72. The van der Waals surface area contributed by atoms with E-state index in [0.717, 1.165) is 11.1 Å². The molecule has 0 saturated carbocycles. The minimum atomic E-state index is -0.986. The van der Waals surface area contributed by atoms with Crippen LogP contribution in [-0.2, 0) is 11.3 Å². The fraction of sp³-hybridized carbons (Fsp3) is 0.167. The molecule has 0 aliphatic carbocycles. The van der Waals surface area contributed by atoms with Crippen LogP contribution < -0.4 is 5.32 Å². The Labute approximate surface area is 234 Å². The lowest BCUT2D eigenvalue weighted by molar-refractivity contribution is -0.141. The van der Waals surface area contributed by atoms with Gasteiger partial charge in [-0.1, -0.05) is 29.8 Å². The highest BCUT2D eigenvalue weighted by Gasteiger charge is 2.34. The highest BCUT2D eigenvalue weighted by atomic mass is 35.5. The lowest BCUT2D eigenvalue weighted by Crippen LogP contribution is -2.40. The lowest BCUT2D eigenvalue weighted by Gasteiger charge is -2.21. The Morgan fingerprint density at radius 3 is 2.60 bits per heavy atom. The van der Waals surface area contributed by atoms with Gasteiger partial charge in [-0.15, -0.1) is 0 Å². The van der Waals surface area contributed by atoms with E-state index in [2.05, 4.69) is 10.3 Å². The molecule has 2 N–H and O–H groups in total. The van der Waals surface area contributed by atoms with E-state index in [1.165, 1.54) is 11.0 Å². The Morgan fingerprint density at radius 1 is 1.02 bits per heavy atom. The third-order valence-corrected chi connectivity index (χ3v) is 7.31. The van der Waals surface area contributed by atoms with Crippen LogP contribution in [0.15, 0.2) is 77.9 Å². The van der Waals surface area contributed by atoms with Crippen LogP contribution in [0, 0.1) is 5.82 Å². The van der Waals surface area contributed by atoms with E-state index in [0.29, 0.717) is 64.1 Å². The quantitative estimate of drug-likeness (QED) is 0.326. The van der Waals surface area contributed by atoms with E-state index >= 15 is 0 Å². The maximum Gasteiger partial charge on any atom is 0.326 e. The monoisotopic (exact) mass is 555 g/mol. The molecule has 1 fully saturated rings. The van der Waals surface area contributed by atoms with Gasteiger partial charge in [-0.2, -0.15) is 0 Å². The van der Waals surface area contributed by atoms with Gasteiger partial charge in [-0.3, -0.25) is 9.79 Å². The second kappa shape index (κ2) is 10.5. The van der Waals surface area contributed by atoms with Crippen LogP contribution in [0.25, 0.3) is 11.3 Å². The molecule has 2 aliphatic rings. The zero-order chi connectivity index (χ0) is 27.8. The highest BCUT2D eigenvalue weighted by Crippen LogP contribution is 2.34. The summed E-state index contributed by atoms with van der Waals surface area (Å²) < 4.78 is 14.8. The number of fused-ring (bicyclic) bond motifs is 3. The van der Waals surface area contributed by atoms with Crippen LogP contribution in [0.4, 0.5) is 16.0 Å². The van der Waals surface area contributed by atoms with Crippen LogP contribution in [0.1, 0.15) is 39.9 Å². The third kappa shape index (κ3) is 4.80. The number of carboxylic acids is 1. The molecule has 6 rings (SSSR count). The molecule has 1 amide bonds. The number of benzene rings is 3. The Bertz CT molecular complexity index is 1670. The van der Waals surface area contributed by atoms with Crippen molar-refractivity contribution in [2.24, 2.45) is 4.99 Å². The molecule has 0 spiro atoms. The van der Waals surface area contributed by atoms with Gasteiger partial charge in [0.2, 0.25) is 5.95 Å². The summed E-state index contributed by atoms with van der Waals surface area (Å²) in [4.78, 5) is 39.7. The molecule has 1 atom stereocenters. The molecule has 1 aromatic heterocycles. The molecule has 40 heavy (non-hydrogen) atoms. The van der Waals surface area contributed by atoms with Crippen molar-refractivity contribution in [2.45, 2.75) is 25.4 Å². The topological polar surface area (TPSA) is 108 Å². The molecule has 3 aromatic carbocycles. The van der Waals surface area contributed by atoms with Crippen molar-refractivity contribution < 1.29 is 19.1 Å². The number of nitrogens with zero attached hydrogens (tertiary/aromatic N) is 4. The van der Waals surface area contributed by atoms with Crippen LogP contribution in [-0.4, -0.2) is 50.1 Å². The summed E-state index contributed by atoms with van der Waals surface area (Å²) in [5, 5.41) is 13.1. The first-order valence-corrected chi connectivity index (χ1v) is 13.1. The number of hydrogen-bond donors (Lipinski definition) is 2. The SMILES string of the molecule is O=C(O)C1CCCN1C(=O)c1ccc(Nc2ncc3c(n2)-c2ccc(Cl)cc2C(c2ccccc2F)=NC3)cc1. The summed E-state index contributed by atoms with van der Waals surface area (Å²) in [6.07, 6.45) is 2.81. The minimum Gasteiger partial charge on any atom is -0.480 e. The number of nitrogens with one attached hydrogen (secondary N) is 1. The van der Waals surface area contributed by atoms with Crippen molar-refractivity contribution in [2.75, 3.05) is 11.9 Å². The van der Waals surface area contributed by atoms with Gasteiger partial charge in [0.25, 0.3) is 5.91 Å². The van der Waals surface area contributed by atoms with Gasteiger partial charge in [0.05, 0.1) is 18.0 Å². The van der Waals surface area contributed by atoms with Crippen LogP contribution in [0.2, 0.25) is 5.02 Å². The first-order chi connectivity index (χ1) is 19.4. The molecular weight excluding hydrogens is 533 g/mol.